The Kier molecular flexibility index (Phi) is 6.71. The summed E-state index contributed by atoms with van der Waals surface area (Å²) in [5, 5.41) is 7.59. The first-order chi connectivity index (χ1) is 17.1. The number of carbonyl (C=O) groups is 3. The molecule has 1 aromatic carbocycles. The van der Waals surface area contributed by atoms with Gasteiger partial charge in [-0.05, 0) is 48.6 Å². The van der Waals surface area contributed by atoms with Crippen molar-refractivity contribution in [3.8, 4) is 11.5 Å². The van der Waals surface area contributed by atoms with Crippen molar-refractivity contribution in [3.63, 3.8) is 0 Å². The predicted molar refractivity (Wildman–Crippen MR) is 129 cm³/mol. The third kappa shape index (κ3) is 5.02. The Morgan fingerprint density at radius 1 is 1.06 bits per heavy atom. The van der Waals surface area contributed by atoms with Gasteiger partial charge in [-0.2, -0.15) is 0 Å². The smallest absolute Gasteiger partial charge is 0.287 e. The largest absolute Gasteiger partial charge is 0.459 e. The average molecular weight is 496 g/mol. The fourth-order valence-electron chi connectivity index (χ4n) is 4.38. The van der Waals surface area contributed by atoms with E-state index in [4.69, 9.17) is 13.9 Å². The number of anilines is 1. The molecule has 182 valence electrons. The molecule has 2 aliphatic rings. The van der Waals surface area contributed by atoms with Crippen LogP contribution >= 0.6 is 11.3 Å². The zero-order valence-electron chi connectivity index (χ0n) is 18.9. The Balaban J connectivity index is 1.46. The van der Waals surface area contributed by atoms with Crippen LogP contribution in [0.2, 0.25) is 0 Å². The van der Waals surface area contributed by atoms with E-state index in [9.17, 15) is 14.4 Å². The second kappa shape index (κ2) is 10.2. The maximum absolute atomic E-state index is 13.6. The number of ether oxygens (including phenoxy) is 2. The maximum atomic E-state index is 13.6. The van der Waals surface area contributed by atoms with Gasteiger partial charge in [-0.3, -0.25) is 19.3 Å². The Morgan fingerprint density at radius 2 is 1.89 bits per heavy atom. The van der Waals surface area contributed by atoms with Gasteiger partial charge in [-0.1, -0.05) is 18.9 Å². The topological polar surface area (TPSA) is 110 Å². The molecule has 0 saturated heterocycles. The third-order valence-electron chi connectivity index (χ3n) is 6.07. The molecule has 0 spiro atoms. The molecular formula is C25H25N3O6S. The molecule has 1 aliphatic carbocycles. The normalized spacial score (nSPS) is 15.5. The molecule has 0 radical (unpaired) electrons. The number of amides is 3. The van der Waals surface area contributed by atoms with Gasteiger partial charge in [0.1, 0.15) is 6.04 Å². The molecule has 0 bridgehead atoms. The summed E-state index contributed by atoms with van der Waals surface area (Å²) in [5.41, 5.74) is 0.464. The lowest BCUT2D eigenvalue weighted by Gasteiger charge is -2.31. The average Bonchev–Trinajstić information content (AvgIpc) is 3.68. The summed E-state index contributed by atoms with van der Waals surface area (Å²) in [6.07, 6.45) is 5.35. The minimum atomic E-state index is -0.913. The van der Waals surface area contributed by atoms with Crippen LogP contribution in [0.4, 0.5) is 5.69 Å². The van der Waals surface area contributed by atoms with Crippen molar-refractivity contribution < 1.29 is 28.3 Å². The van der Waals surface area contributed by atoms with E-state index in [1.165, 1.54) is 28.6 Å². The maximum Gasteiger partial charge on any atom is 0.287 e. The predicted octanol–water partition coefficient (Wildman–Crippen LogP) is 3.63. The lowest BCUT2D eigenvalue weighted by Crippen LogP contribution is -2.49. The van der Waals surface area contributed by atoms with E-state index >= 15 is 0 Å². The zero-order chi connectivity index (χ0) is 24.2. The molecule has 3 amide bonds. The molecule has 2 N–H and O–H groups in total. The van der Waals surface area contributed by atoms with Crippen LogP contribution in [0.15, 0.2) is 58.5 Å². The summed E-state index contributed by atoms with van der Waals surface area (Å²) in [6, 6.07) is 11.0. The molecule has 3 aromatic rings. The van der Waals surface area contributed by atoms with Crippen LogP contribution in [0, 0.1) is 0 Å². The minimum absolute atomic E-state index is 0.0809. The van der Waals surface area contributed by atoms with E-state index in [2.05, 4.69) is 10.6 Å². The van der Waals surface area contributed by atoms with Crippen molar-refractivity contribution in [1.29, 1.82) is 0 Å². The number of fused-ring (bicyclic) bond motifs is 1. The Hall–Kier alpha value is -3.79. The molecule has 1 aliphatic heterocycles. The van der Waals surface area contributed by atoms with Gasteiger partial charge in [0.2, 0.25) is 18.6 Å². The van der Waals surface area contributed by atoms with Crippen LogP contribution in [0.3, 0.4) is 0 Å². The van der Waals surface area contributed by atoms with Crippen molar-refractivity contribution in [1.82, 2.24) is 10.6 Å². The number of thiophene rings is 1. The molecule has 1 fully saturated rings. The Bertz CT molecular complexity index is 1190. The van der Waals surface area contributed by atoms with Crippen molar-refractivity contribution in [3.05, 3.63) is 64.7 Å². The van der Waals surface area contributed by atoms with Crippen LogP contribution in [0.1, 0.15) is 47.2 Å². The summed E-state index contributed by atoms with van der Waals surface area (Å²) in [7, 11) is 0. The van der Waals surface area contributed by atoms with Gasteiger partial charge in [-0.15, -0.1) is 11.3 Å². The van der Waals surface area contributed by atoms with Crippen molar-refractivity contribution in [2.45, 2.75) is 37.8 Å². The first-order valence-corrected chi connectivity index (χ1v) is 12.4. The molecule has 3 heterocycles. The quantitative estimate of drug-likeness (QED) is 0.494. The van der Waals surface area contributed by atoms with Crippen LogP contribution < -0.4 is 25.0 Å². The van der Waals surface area contributed by atoms with Gasteiger partial charge in [0, 0.05) is 22.7 Å². The van der Waals surface area contributed by atoms with Gasteiger partial charge in [0.25, 0.3) is 5.91 Å². The van der Waals surface area contributed by atoms with Crippen molar-refractivity contribution >= 4 is 34.7 Å². The number of benzene rings is 1. The Labute approximate surface area is 206 Å². The highest BCUT2D eigenvalue weighted by atomic mass is 32.1. The van der Waals surface area contributed by atoms with E-state index in [0.29, 0.717) is 22.1 Å². The standard InChI is InChI=1S/C25H25N3O6S/c29-22(14-26-24(30)19-7-3-11-32-19)28(17-9-10-18-20(13-17)34-15-33-18)23(21-8-4-12-35-21)25(31)27-16-5-1-2-6-16/h3-4,7-13,16,23H,1-2,5-6,14-15H2,(H,26,30)(H,27,31)/t23-/m0/s1. The molecule has 1 saturated carbocycles. The molecule has 2 aromatic heterocycles. The highest BCUT2D eigenvalue weighted by Crippen LogP contribution is 2.39. The molecule has 0 unspecified atom stereocenters. The fraction of sp³-hybridized carbons (Fsp3) is 0.320. The third-order valence-corrected chi connectivity index (χ3v) is 6.99. The Morgan fingerprint density at radius 3 is 2.63 bits per heavy atom. The van der Waals surface area contributed by atoms with E-state index in [1.807, 2.05) is 17.5 Å². The van der Waals surface area contributed by atoms with Crippen molar-refractivity contribution in [2.75, 3.05) is 18.2 Å². The minimum Gasteiger partial charge on any atom is -0.459 e. The van der Waals surface area contributed by atoms with Gasteiger partial charge in [0.15, 0.2) is 17.3 Å². The van der Waals surface area contributed by atoms with E-state index < -0.39 is 17.9 Å². The highest BCUT2D eigenvalue weighted by Gasteiger charge is 2.35. The molecule has 9 nitrogen and oxygen atoms in total. The lowest BCUT2D eigenvalue weighted by molar-refractivity contribution is -0.126. The van der Waals surface area contributed by atoms with Crippen LogP contribution in [-0.4, -0.2) is 37.1 Å². The van der Waals surface area contributed by atoms with Crippen LogP contribution in [-0.2, 0) is 9.59 Å². The fourth-order valence-corrected chi connectivity index (χ4v) is 5.19. The second-order valence-corrected chi connectivity index (χ2v) is 9.35. The number of furan rings is 1. The zero-order valence-corrected chi connectivity index (χ0v) is 19.7. The first-order valence-electron chi connectivity index (χ1n) is 11.5. The van der Waals surface area contributed by atoms with E-state index in [-0.39, 0.29) is 31.0 Å². The van der Waals surface area contributed by atoms with Crippen LogP contribution in [0.25, 0.3) is 0 Å². The number of hydrogen-bond donors (Lipinski definition) is 2. The number of carbonyl (C=O) groups excluding carboxylic acids is 3. The first kappa shape index (κ1) is 23.0. The summed E-state index contributed by atoms with van der Waals surface area (Å²) in [6.45, 7) is -0.241. The summed E-state index contributed by atoms with van der Waals surface area (Å²) in [5.74, 6) is -0.0823. The van der Waals surface area contributed by atoms with Gasteiger partial charge in [0.05, 0.1) is 12.8 Å². The van der Waals surface area contributed by atoms with E-state index in [1.54, 1.807) is 24.3 Å². The molecule has 1 atom stereocenters. The molecule has 5 rings (SSSR count). The highest BCUT2D eigenvalue weighted by molar-refractivity contribution is 7.10. The number of nitrogens with zero attached hydrogens (tertiary/aromatic N) is 1. The summed E-state index contributed by atoms with van der Waals surface area (Å²) >= 11 is 1.39. The molecule has 35 heavy (non-hydrogen) atoms. The lowest BCUT2D eigenvalue weighted by atomic mass is 10.1. The van der Waals surface area contributed by atoms with Gasteiger partial charge in [-0.25, -0.2) is 0 Å². The monoisotopic (exact) mass is 495 g/mol. The molecule has 10 heteroatoms. The van der Waals surface area contributed by atoms with Crippen molar-refractivity contribution in [2.24, 2.45) is 0 Å². The molecular weight excluding hydrogens is 470 g/mol. The SMILES string of the molecule is O=C(NCC(=O)N(c1ccc2c(c1)OCO2)[C@H](C(=O)NC1CCCC1)c1cccs1)c1ccco1. The van der Waals surface area contributed by atoms with Gasteiger partial charge < -0.3 is 24.5 Å². The number of rotatable bonds is 8. The van der Waals surface area contributed by atoms with Crippen LogP contribution in [0.5, 0.6) is 11.5 Å². The van der Waals surface area contributed by atoms with Gasteiger partial charge >= 0.3 is 0 Å². The number of hydrogen-bond acceptors (Lipinski definition) is 7. The number of nitrogens with one attached hydrogen (secondary N) is 2. The summed E-state index contributed by atoms with van der Waals surface area (Å²) in [4.78, 5) is 41.8. The second-order valence-electron chi connectivity index (χ2n) is 8.37. The summed E-state index contributed by atoms with van der Waals surface area (Å²) < 4.78 is 16.0. The van der Waals surface area contributed by atoms with E-state index in [0.717, 1.165) is 25.7 Å².